The van der Waals surface area contributed by atoms with Gasteiger partial charge in [-0.15, -0.1) is 0 Å². The summed E-state index contributed by atoms with van der Waals surface area (Å²) < 4.78 is 5.74. The first-order valence-corrected chi connectivity index (χ1v) is 9.81. The van der Waals surface area contributed by atoms with Crippen molar-refractivity contribution in [1.82, 2.24) is 4.90 Å². The Labute approximate surface area is 166 Å². The predicted molar refractivity (Wildman–Crippen MR) is 109 cm³/mol. The minimum atomic E-state index is -0.745. The second kappa shape index (κ2) is 8.57. The molecule has 0 radical (unpaired) electrons. The summed E-state index contributed by atoms with van der Waals surface area (Å²) in [6, 6.07) is 16.7. The van der Waals surface area contributed by atoms with Crippen molar-refractivity contribution in [1.29, 1.82) is 0 Å². The highest BCUT2D eigenvalue weighted by Crippen LogP contribution is 2.33. The molecular formula is C23H28N2O3. The molecule has 2 N–H and O–H groups in total. The van der Waals surface area contributed by atoms with E-state index in [1.165, 1.54) is 5.56 Å². The number of esters is 1. The van der Waals surface area contributed by atoms with Crippen LogP contribution < -0.4 is 5.73 Å². The lowest BCUT2D eigenvalue weighted by Crippen LogP contribution is -2.55. The maximum Gasteiger partial charge on any atom is 0.325 e. The Morgan fingerprint density at radius 2 is 1.71 bits per heavy atom. The summed E-state index contributed by atoms with van der Waals surface area (Å²) in [7, 11) is 0. The molecule has 148 valence electrons. The highest BCUT2D eigenvalue weighted by atomic mass is 16.5. The highest BCUT2D eigenvalue weighted by molar-refractivity contribution is 5.91. The van der Waals surface area contributed by atoms with Crippen molar-refractivity contribution in [2.75, 3.05) is 13.1 Å². The van der Waals surface area contributed by atoms with Gasteiger partial charge in [-0.25, -0.2) is 0 Å². The van der Waals surface area contributed by atoms with Crippen LogP contribution in [-0.2, 0) is 14.3 Å². The quantitative estimate of drug-likeness (QED) is 0.780. The molecule has 2 aromatic rings. The second-order valence-corrected chi connectivity index (χ2v) is 7.57. The fourth-order valence-corrected chi connectivity index (χ4v) is 3.83. The fourth-order valence-electron chi connectivity index (χ4n) is 3.83. The zero-order valence-corrected chi connectivity index (χ0v) is 16.7. The topological polar surface area (TPSA) is 72.6 Å². The average molecular weight is 380 g/mol. The van der Waals surface area contributed by atoms with Crippen molar-refractivity contribution in [2.45, 2.75) is 44.8 Å². The van der Waals surface area contributed by atoms with E-state index < -0.39 is 23.8 Å². The summed E-state index contributed by atoms with van der Waals surface area (Å²) in [4.78, 5) is 27.3. The number of hydrogen-bond acceptors (Lipinski definition) is 4. The van der Waals surface area contributed by atoms with Crippen molar-refractivity contribution in [2.24, 2.45) is 5.73 Å². The van der Waals surface area contributed by atoms with Crippen molar-refractivity contribution in [3.8, 4) is 0 Å². The van der Waals surface area contributed by atoms with Crippen molar-refractivity contribution in [3.05, 3.63) is 71.3 Å². The van der Waals surface area contributed by atoms with Crippen LogP contribution in [0.25, 0.3) is 0 Å². The molecule has 3 atom stereocenters. The number of benzene rings is 2. The third-order valence-electron chi connectivity index (χ3n) is 5.46. The Balaban J connectivity index is 1.90. The van der Waals surface area contributed by atoms with Crippen LogP contribution >= 0.6 is 0 Å². The van der Waals surface area contributed by atoms with E-state index in [4.69, 9.17) is 10.5 Å². The standard InChI is InChI=1S/C23H28N2O3/c1-4-25-14-19(17-8-6-5-7-9-17)28-23(27)21(25)20(22(24)26)18-12-10-16(11-13-18)15(2)3/h5-13,15,19-21H,4,14H2,1-3H3,(H2,24,26)/t19-,20?,21?/m0/s1. The minimum absolute atomic E-state index is 0.346. The summed E-state index contributed by atoms with van der Waals surface area (Å²) in [5, 5.41) is 0. The van der Waals surface area contributed by atoms with E-state index in [2.05, 4.69) is 13.8 Å². The fraction of sp³-hybridized carbons (Fsp3) is 0.391. The van der Waals surface area contributed by atoms with Gasteiger partial charge in [-0.3, -0.25) is 14.5 Å². The van der Waals surface area contributed by atoms with Gasteiger partial charge in [0.1, 0.15) is 12.1 Å². The van der Waals surface area contributed by atoms with Gasteiger partial charge in [-0.2, -0.15) is 0 Å². The number of ether oxygens (including phenoxy) is 1. The first kappa shape index (κ1) is 20.1. The van der Waals surface area contributed by atoms with Crippen LogP contribution in [0.2, 0.25) is 0 Å². The Hall–Kier alpha value is -2.66. The van der Waals surface area contributed by atoms with Crippen LogP contribution in [0, 0.1) is 0 Å². The second-order valence-electron chi connectivity index (χ2n) is 7.57. The number of primary amides is 1. The molecule has 1 heterocycles. The predicted octanol–water partition coefficient (Wildman–Crippen LogP) is 3.37. The van der Waals surface area contributed by atoms with Crippen molar-refractivity contribution in [3.63, 3.8) is 0 Å². The number of carbonyl (C=O) groups is 2. The molecule has 1 saturated heterocycles. The summed E-state index contributed by atoms with van der Waals surface area (Å²) in [5.41, 5.74) is 8.62. The molecule has 2 unspecified atom stereocenters. The molecule has 1 aliphatic heterocycles. The van der Waals surface area contributed by atoms with E-state index in [9.17, 15) is 9.59 Å². The third-order valence-corrected chi connectivity index (χ3v) is 5.46. The van der Waals surface area contributed by atoms with Gasteiger partial charge >= 0.3 is 5.97 Å². The summed E-state index contributed by atoms with van der Waals surface area (Å²) >= 11 is 0. The third kappa shape index (κ3) is 4.09. The molecule has 28 heavy (non-hydrogen) atoms. The monoisotopic (exact) mass is 380 g/mol. The molecule has 1 fully saturated rings. The lowest BCUT2D eigenvalue weighted by atomic mass is 9.87. The highest BCUT2D eigenvalue weighted by Gasteiger charge is 2.44. The van der Waals surface area contributed by atoms with Crippen LogP contribution in [0.4, 0.5) is 0 Å². The SMILES string of the molecule is CCN1C[C@@H](c2ccccc2)OC(=O)C1C(C(N)=O)c1ccc(C(C)C)cc1. The lowest BCUT2D eigenvalue weighted by molar-refractivity contribution is -0.169. The van der Waals surface area contributed by atoms with Gasteiger partial charge in [-0.05, 0) is 29.2 Å². The molecular weight excluding hydrogens is 352 g/mol. The van der Waals surface area contributed by atoms with Crippen LogP contribution in [0.15, 0.2) is 54.6 Å². The first-order chi connectivity index (χ1) is 13.4. The van der Waals surface area contributed by atoms with Gasteiger partial charge < -0.3 is 10.5 Å². The van der Waals surface area contributed by atoms with Crippen molar-refractivity contribution < 1.29 is 14.3 Å². The van der Waals surface area contributed by atoms with Gasteiger partial charge in [0, 0.05) is 6.54 Å². The van der Waals surface area contributed by atoms with Crippen LogP contribution in [0.3, 0.4) is 0 Å². The molecule has 5 nitrogen and oxygen atoms in total. The number of nitrogens with zero attached hydrogens (tertiary/aromatic N) is 1. The molecule has 2 aromatic carbocycles. The van der Waals surface area contributed by atoms with E-state index in [1.54, 1.807) is 0 Å². The van der Waals surface area contributed by atoms with E-state index in [-0.39, 0.29) is 6.10 Å². The molecule has 5 heteroatoms. The minimum Gasteiger partial charge on any atom is -0.455 e. The largest absolute Gasteiger partial charge is 0.455 e. The Kier molecular flexibility index (Phi) is 6.15. The number of hydrogen-bond donors (Lipinski definition) is 1. The van der Waals surface area contributed by atoms with Gasteiger partial charge in [0.2, 0.25) is 5.91 Å². The number of carbonyl (C=O) groups excluding carboxylic acids is 2. The number of nitrogens with two attached hydrogens (primary N) is 1. The normalized spacial score (nSPS) is 21.4. The smallest absolute Gasteiger partial charge is 0.325 e. The number of likely N-dealkylation sites (N-methyl/N-ethyl adjacent to an activating group) is 1. The number of rotatable bonds is 6. The van der Waals surface area contributed by atoms with Crippen LogP contribution in [-0.4, -0.2) is 35.9 Å². The van der Waals surface area contributed by atoms with E-state index >= 15 is 0 Å². The van der Waals surface area contributed by atoms with E-state index in [0.29, 0.717) is 19.0 Å². The molecule has 0 saturated carbocycles. The lowest BCUT2D eigenvalue weighted by Gasteiger charge is -2.40. The van der Waals surface area contributed by atoms with Crippen LogP contribution in [0.1, 0.15) is 55.4 Å². The summed E-state index contributed by atoms with van der Waals surface area (Å²) in [6.07, 6.45) is -0.346. The maximum atomic E-state index is 13.0. The molecule has 0 bridgehead atoms. The molecule has 0 aromatic heterocycles. The maximum absolute atomic E-state index is 13.0. The number of amides is 1. The molecule has 3 rings (SSSR count). The average Bonchev–Trinajstić information content (AvgIpc) is 2.70. The van der Waals surface area contributed by atoms with Crippen LogP contribution in [0.5, 0.6) is 0 Å². The molecule has 1 amide bonds. The van der Waals surface area contributed by atoms with Gasteiger partial charge in [0.05, 0.1) is 5.92 Å². The zero-order valence-electron chi connectivity index (χ0n) is 16.7. The van der Waals surface area contributed by atoms with Gasteiger partial charge in [0.25, 0.3) is 0 Å². The van der Waals surface area contributed by atoms with E-state index in [0.717, 1.165) is 11.1 Å². The van der Waals surface area contributed by atoms with Gasteiger partial charge in [-0.1, -0.05) is 75.4 Å². The number of morpholine rings is 1. The van der Waals surface area contributed by atoms with E-state index in [1.807, 2.05) is 66.4 Å². The first-order valence-electron chi connectivity index (χ1n) is 9.81. The molecule has 0 spiro atoms. The molecule has 1 aliphatic rings. The zero-order chi connectivity index (χ0) is 20.3. The molecule has 0 aliphatic carbocycles. The Morgan fingerprint density at radius 1 is 1.11 bits per heavy atom. The summed E-state index contributed by atoms with van der Waals surface area (Å²) in [6.45, 7) is 7.36. The Bertz CT molecular complexity index is 818. The summed E-state index contributed by atoms with van der Waals surface area (Å²) in [5.74, 6) is -1.28. The number of cyclic esters (lactones) is 1. The Morgan fingerprint density at radius 3 is 2.25 bits per heavy atom. The van der Waals surface area contributed by atoms with Crippen molar-refractivity contribution >= 4 is 11.9 Å². The van der Waals surface area contributed by atoms with Gasteiger partial charge in [0.15, 0.2) is 0 Å².